The summed E-state index contributed by atoms with van der Waals surface area (Å²) >= 11 is 12.2. The molecule has 2 N–H and O–H groups in total. The number of benzene rings is 2. The molecule has 5 rings (SSSR count). The summed E-state index contributed by atoms with van der Waals surface area (Å²) in [5.74, 6) is 2.20. The first kappa shape index (κ1) is 25.7. The summed E-state index contributed by atoms with van der Waals surface area (Å²) in [5, 5.41) is 0.607. The van der Waals surface area contributed by atoms with E-state index in [9.17, 15) is 0 Å². The molecule has 0 spiro atoms. The molecule has 11 heteroatoms. The molecule has 4 aromatic rings. The maximum atomic E-state index is 6.54. The number of methoxy groups -OCH3 is 2. The quantitative estimate of drug-likeness (QED) is 0.276. The van der Waals surface area contributed by atoms with E-state index in [1.165, 1.54) is 0 Å². The molecule has 38 heavy (non-hydrogen) atoms. The second-order valence-electron chi connectivity index (χ2n) is 8.80. The number of rotatable bonds is 6. The van der Waals surface area contributed by atoms with E-state index in [0.29, 0.717) is 66.2 Å². The maximum absolute atomic E-state index is 6.54. The van der Waals surface area contributed by atoms with Gasteiger partial charge < -0.3 is 25.0 Å². The van der Waals surface area contributed by atoms with Crippen LogP contribution in [0.1, 0.15) is 5.56 Å². The monoisotopic (exact) mass is 549 g/mol. The Bertz CT molecular complexity index is 1450. The van der Waals surface area contributed by atoms with Crippen molar-refractivity contribution in [3.05, 3.63) is 66.2 Å². The second kappa shape index (κ2) is 11.2. The Hall–Kier alpha value is -3.89. The minimum absolute atomic E-state index is 0.209. The number of anilines is 2. The molecule has 0 saturated carbocycles. The van der Waals surface area contributed by atoms with Crippen LogP contribution < -0.4 is 20.1 Å². The molecule has 1 fully saturated rings. The number of ether oxygens (including phenoxy) is 2. The number of halogens is 1. The highest BCUT2D eigenvalue weighted by molar-refractivity contribution is 7.80. The van der Waals surface area contributed by atoms with Crippen molar-refractivity contribution in [1.82, 2.24) is 24.3 Å². The maximum Gasteiger partial charge on any atom is 0.222 e. The van der Waals surface area contributed by atoms with E-state index in [-0.39, 0.29) is 5.95 Å². The molecule has 1 saturated heterocycles. The number of pyridine rings is 1. The SMILES string of the molecule is COc1ccc(-c2ccc3nc(N)nc(N4CCN(C(=S)N(Cl)Cc5ccccc5)CC4)c3n2)cc1OC. The molecule has 0 unspecified atom stereocenters. The van der Waals surface area contributed by atoms with E-state index in [0.717, 1.165) is 16.8 Å². The third-order valence-corrected chi connectivity index (χ3v) is 7.30. The van der Waals surface area contributed by atoms with E-state index in [4.69, 9.17) is 44.2 Å². The number of nitrogens with two attached hydrogens (primary N) is 1. The Morgan fingerprint density at radius 1 is 0.947 bits per heavy atom. The van der Waals surface area contributed by atoms with Crippen LogP contribution in [-0.4, -0.2) is 69.8 Å². The number of hydrogen-bond donors (Lipinski definition) is 1. The molecule has 9 nitrogen and oxygen atoms in total. The van der Waals surface area contributed by atoms with Crippen LogP contribution in [0, 0.1) is 0 Å². The smallest absolute Gasteiger partial charge is 0.222 e. The molecule has 0 amide bonds. The number of fused-ring (bicyclic) bond motifs is 1. The summed E-state index contributed by atoms with van der Waals surface area (Å²) in [6, 6.07) is 19.6. The highest BCUT2D eigenvalue weighted by atomic mass is 35.5. The Morgan fingerprint density at radius 3 is 2.39 bits per heavy atom. The number of piperazine rings is 1. The van der Waals surface area contributed by atoms with E-state index >= 15 is 0 Å². The van der Waals surface area contributed by atoms with Crippen LogP contribution in [0.3, 0.4) is 0 Å². The molecule has 1 aliphatic heterocycles. The van der Waals surface area contributed by atoms with Gasteiger partial charge in [-0.25, -0.2) is 9.97 Å². The minimum atomic E-state index is 0.209. The fourth-order valence-electron chi connectivity index (χ4n) is 4.47. The Kier molecular flexibility index (Phi) is 7.62. The number of thiocarbonyl (C=S) groups is 1. The molecule has 0 radical (unpaired) electrons. The van der Waals surface area contributed by atoms with Crippen molar-refractivity contribution < 1.29 is 9.47 Å². The van der Waals surface area contributed by atoms with Gasteiger partial charge in [0.2, 0.25) is 5.95 Å². The summed E-state index contributed by atoms with van der Waals surface area (Å²) in [6.45, 7) is 3.29. The van der Waals surface area contributed by atoms with Gasteiger partial charge in [0.25, 0.3) is 0 Å². The van der Waals surface area contributed by atoms with Crippen LogP contribution in [0.5, 0.6) is 11.5 Å². The molecule has 1 aliphatic rings. The zero-order valence-corrected chi connectivity index (χ0v) is 22.7. The largest absolute Gasteiger partial charge is 0.493 e. The summed E-state index contributed by atoms with van der Waals surface area (Å²) in [6.07, 6.45) is 0. The molecule has 196 valence electrons. The molecule has 2 aromatic carbocycles. The van der Waals surface area contributed by atoms with Gasteiger partial charge in [-0.15, -0.1) is 0 Å². The number of nitrogens with zero attached hydrogens (tertiary/aromatic N) is 6. The predicted molar refractivity (Wildman–Crippen MR) is 155 cm³/mol. The summed E-state index contributed by atoms with van der Waals surface area (Å²) < 4.78 is 12.4. The van der Waals surface area contributed by atoms with Crippen LogP contribution in [0.2, 0.25) is 0 Å². The van der Waals surface area contributed by atoms with Gasteiger partial charge in [-0.3, -0.25) is 4.42 Å². The molecular formula is C27H28ClN7O2S. The van der Waals surface area contributed by atoms with Crippen LogP contribution in [0.15, 0.2) is 60.7 Å². The molecule has 0 atom stereocenters. The van der Waals surface area contributed by atoms with Crippen LogP contribution in [0.25, 0.3) is 22.3 Å². The van der Waals surface area contributed by atoms with Crippen molar-refractivity contribution in [2.24, 2.45) is 0 Å². The van der Waals surface area contributed by atoms with E-state index in [1.807, 2.05) is 60.7 Å². The van der Waals surface area contributed by atoms with Gasteiger partial charge in [0.15, 0.2) is 22.4 Å². The second-order valence-corrected chi connectivity index (χ2v) is 9.58. The predicted octanol–water partition coefficient (Wildman–Crippen LogP) is 4.35. The lowest BCUT2D eigenvalue weighted by Gasteiger charge is -2.38. The standard InChI is InChI=1S/C27H28ClN7O2S/c1-36-22-11-8-19(16-23(22)37-2)20-9-10-21-24(30-20)25(32-26(29)31-21)33-12-14-34(15-13-33)27(38)35(28)17-18-6-4-3-5-7-18/h3-11,16H,12-15,17H2,1-2H3,(H2,29,31,32). The van der Waals surface area contributed by atoms with Gasteiger partial charge in [0, 0.05) is 43.5 Å². The molecular weight excluding hydrogens is 522 g/mol. The highest BCUT2D eigenvalue weighted by Crippen LogP contribution is 2.33. The highest BCUT2D eigenvalue weighted by Gasteiger charge is 2.25. The van der Waals surface area contributed by atoms with E-state index < -0.39 is 0 Å². The fraction of sp³-hybridized carbons (Fsp3) is 0.259. The van der Waals surface area contributed by atoms with Crippen molar-refractivity contribution in [1.29, 1.82) is 0 Å². The zero-order chi connectivity index (χ0) is 26.6. The summed E-state index contributed by atoms with van der Waals surface area (Å²) in [4.78, 5) is 18.2. The number of hydrogen-bond acceptors (Lipinski definition) is 8. The first-order valence-electron chi connectivity index (χ1n) is 12.1. The molecule has 3 heterocycles. The third-order valence-electron chi connectivity index (χ3n) is 6.44. The van der Waals surface area contributed by atoms with Gasteiger partial charge in [-0.05, 0) is 48.1 Å². The van der Waals surface area contributed by atoms with Gasteiger partial charge in [-0.1, -0.05) is 30.3 Å². The minimum Gasteiger partial charge on any atom is -0.493 e. The Labute approximate surface area is 231 Å². The van der Waals surface area contributed by atoms with Crippen molar-refractivity contribution in [2.45, 2.75) is 6.54 Å². The van der Waals surface area contributed by atoms with Crippen LogP contribution >= 0.6 is 24.0 Å². The van der Waals surface area contributed by atoms with E-state index in [1.54, 1.807) is 18.6 Å². The zero-order valence-electron chi connectivity index (χ0n) is 21.2. The number of aromatic nitrogens is 3. The van der Waals surface area contributed by atoms with E-state index in [2.05, 4.69) is 19.8 Å². The molecule has 0 aliphatic carbocycles. The number of nitrogen functional groups attached to an aromatic ring is 1. The first-order chi connectivity index (χ1) is 18.5. The normalized spacial score (nSPS) is 13.4. The van der Waals surface area contributed by atoms with Gasteiger partial charge in [0.1, 0.15) is 5.52 Å². The van der Waals surface area contributed by atoms with Gasteiger partial charge >= 0.3 is 0 Å². The summed E-state index contributed by atoms with van der Waals surface area (Å²) in [5.41, 5.74) is 10.2. The molecule has 0 bridgehead atoms. The fourth-order valence-corrected chi connectivity index (χ4v) is 4.96. The lowest BCUT2D eigenvalue weighted by atomic mass is 10.1. The third kappa shape index (κ3) is 5.36. The lowest BCUT2D eigenvalue weighted by molar-refractivity contribution is 0.355. The summed E-state index contributed by atoms with van der Waals surface area (Å²) in [7, 11) is 3.22. The molecule has 2 aromatic heterocycles. The first-order valence-corrected chi connectivity index (χ1v) is 12.9. The van der Waals surface area contributed by atoms with Gasteiger partial charge in [0.05, 0.1) is 32.0 Å². The van der Waals surface area contributed by atoms with Gasteiger partial charge in [-0.2, -0.15) is 4.98 Å². The Morgan fingerprint density at radius 2 is 1.68 bits per heavy atom. The average molecular weight is 550 g/mol. The van der Waals surface area contributed by atoms with Crippen LogP contribution in [-0.2, 0) is 6.54 Å². The van der Waals surface area contributed by atoms with Crippen molar-refractivity contribution >= 4 is 51.9 Å². The van der Waals surface area contributed by atoms with Crippen LogP contribution in [0.4, 0.5) is 11.8 Å². The Balaban J connectivity index is 1.36. The topological polar surface area (TPSA) is 92.9 Å². The van der Waals surface area contributed by atoms with Crippen molar-refractivity contribution in [3.8, 4) is 22.8 Å². The van der Waals surface area contributed by atoms with Crippen molar-refractivity contribution in [3.63, 3.8) is 0 Å². The van der Waals surface area contributed by atoms with Crippen molar-refractivity contribution in [2.75, 3.05) is 51.0 Å². The lowest BCUT2D eigenvalue weighted by Crippen LogP contribution is -2.51. The average Bonchev–Trinajstić information content (AvgIpc) is 2.96.